The van der Waals surface area contributed by atoms with Gasteiger partial charge in [0.05, 0.1) is 13.2 Å². The van der Waals surface area contributed by atoms with Crippen LogP contribution in [0.5, 0.6) is 5.75 Å². The fourth-order valence-corrected chi connectivity index (χ4v) is 1.49. The molecule has 0 aliphatic carbocycles. The molecule has 0 heterocycles. The zero-order chi connectivity index (χ0) is 11.4. The second-order valence-corrected chi connectivity index (χ2v) is 3.40. The number of carbonyl (C=O) groups is 1. The number of carbonyl (C=O) groups excluding carboxylic acids is 1. The van der Waals surface area contributed by atoms with Crippen LogP contribution in [0.2, 0.25) is 0 Å². The molecule has 1 aromatic rings. The van der Waals surface area contributed by atoms with Gasteiger partial charge in [-0.25, -0.2) is 0 Å². The van der Waals surface area contributed by atoms with Gasteiger partial charge in [-0.1, -0.05) is 6.07 Å². The molecule has 0 fully saturated rings. The van der Waals surface area contributed by atoms with Crippen molar-refractivity contribution < 1.29 is 14.6 Å². The van der Waals surface area contributed by atoms with Gasteiger partial charge in [-0.05, 0) is 19.1 Å². The lowest BCUT2D eigenvalue weighted by Crippen LogP contribution is -2.17. The Kier molecular flexibility index (Phi) is 3.68. The average Bonchev–Trinajstić information content (AvgIpc) is 2.16. The summed E-state index contributed by atoms with van der Waals surface area (Å²) in [4.78, 5) is 11.2. The molecule has 0 unspecified atom stereocenters. The predicted molar refractivity (Wildman–Crippen MR) is 56.9 cm³/mol. The number of nitrogens with two attached hydrogens (primary N) is 1. The van der Waals surface area contributed by atoms with Crippen LogP contribution in [0.15, 0.2) is 18.2 Å². The number of hydrogen-bond acceptors (Lipinski definition) is 3. The van der Waals surface area contributed by atoms with Crippen molar-refractivity contribution in [1.29, 1.82) is 0 Å². The Morgan fingerprint density at radius 2 is 2.27 bits per heavy atom. The summed E-state index contributed by atoms with van der Waals surface area (Å²) in [6.07, 6.45) is -0.193. The summed E-state index contributed by atoms with van der Waals surface area (Å²) in [5, 5.41) is 9.32. The van der Waals surface area contributed by atoms with Crippen molar-refractivity contribution >= 4 is 5.91 Å². The number of benzene rings is 1. The first-order valence-electron chi connectivity index (χ1n) is 4.70. The van der Waals surface area contributed by atoms with Crippen molar-refractivity contribution in [2.24, 2.45) is 5.73 Å². The Morgan fingerprint density at radius 1 is 1.60 bits per heavy atom. The molecule has 1 rings (SSSR count). The van der Waals surface area contributed by atoms with Crippen molar-refractivity contribution in [3.05, 3.63) is 29.3 Å². The largest absolute Gasteiger partial charge is 0.496 e. The number of methoxy groups -OCH3 is 1. The number of rotatable bonds is 4. The third kappa shape index (κ3) is 2.70. The summed E-state index contributed by atoms with van der Waals surface area (Å²) in [7, 11) is 1.52. The quantitative estimate of drug-likeness (QED) is 0.767. The van der Waals surface area contributed by atoms with E-state index in [1.165, 1.54) is 7.11 Å². The summed E-state index contributed by atoms with van der Waals surface area (Å²) < 4.78 is 5.12. The van der Waals surface area contributed by atoms with Gasteiger partial charge in [-0.3, -0.25) is 4.79 Å². The lowest BCUT2D eigenvalue weighted by atomic mass is 10.0. The smallest absolute Gasteiger partial charge is 0.249 e. The highest BCUT2D eigenvalue weighted by atomic mass is 16.5. The van der Waals surface area contributed by atoms with Crippen LogP contribution in [-0.4, -0.2) is 24.2 Å². The summed E-state index contributed by atoms with van der Waals surface area (Å²) in [5.74, 6) is 0.0664. The number of primary amides is 1. The predicted octanol–water partition coefficient (Wildman–Crippen LogP) is 0.717. The fraction of sp³-hybridized carbons (Fsp3) is 0.364. The summed E-state index contributed by atoms with van der Waals surface area (Å²) in [6, 6.07) is 5.07. The molecule has 3 N–H and O–H groups in total. The van der Waals surface area contributed by atoms with Crippen molar-refractivity contribution in [2.75, 3.05) is 7.11 Å². The standard InChI is InChI=1S/C11H15NO3/c1-7(13)6-9-8(11(12)14)4-3-5-10(9)15-2/h3-5,7,13H,6H2,1-2H3,(H2,12,14)/t7-/m1/s1. The second-order valence-electron chi connectivity index (χ2n) is 3.40. The van der Waals surface area contributed by atoms with Gasteiger partial charge in [-0.15, -0.1) is 0 Å². The fourth-order valence-electron chi connectivity index (χ4n) is 1.49. The molecule has 1 atom stereocenters. The van der Waals surface area contributed by atoms with E-state index in [1.54, 1.807) is 25.1 Å². The van der Waals surface area contributed by atoms with Gasteiger partial charge >= 0.3 is 0 Å². The minimum atomic E-state index is -0.542. The molecule has 0 bridgehead atoms. The van der Waals surface area contributed by atoms with E-state index in [1.807, 2.05) is 0 Å². The topological polar surface area (TPSA) is 72.5 Å². The molecule has 15 heavy (non-hydrogen) atoms. The van der Waals surface area contributed by atoms with Crippen LogP contribution in [0.3, 0.4) is 0 Å². The summed E-state index contributed by atoms with van der Waals surface area (Å²) in [5.41, 5.74) is 6.29. The van der Waals surface area contributed by atoms with E-state index in [9.17, 15) is 9.90 Å². The van der Waals surface area contributed by atoms with Gasteiger partial charge in [0.15, 0.2) is 0 Å². The molecule has 0 aliphatic rings. The Labute approximate surface area is 88.7 Å². The third-order valence-electron chi connectivity index (χ3n) is 2.12. The van der Waals surface area contributed by atoms with Crippen molar-refractivity contribution in [2.45, 2.75) is 19.4 Å². The number of amides is 1. The average molecular weight is 209 g/mol. The lowest BCUT2D eigenvalue weighted by Gasteiger charge is -2.13. The molecular weight excluding hydrogens is 194 g/mol. The molecule has 4 nitrogen and oxygen atoms in total. The van der Waals surface area contributed by atoms with E-state index < -0.39 is 12.0 Å². The second kappa shape index (κ2) is 4.79. The highest BCUT2D eigenvalue weighted by molar-refractivity contribution is 5.95. The zero-order valence-electron chi connectivity index (χ0n) is 8.86. The SMILES string of the molecule is COc1cccc(C(N)=O)c1C[C@@H](C)O. The third-order valence-corrected chi connectivity index (χ3v) is 2.12. The van der Waals surface area contributed by atoms with E-state index in [4.69, 9.17) is 10.5 Å². The number of hydrogen-bond donors (Lipinski definition) is 2. The molecule has 1 aromatic carbocycles. The normalized spacial score (nSPS) is 12.2. The van der Waals surface area contributed by atoms with Crippen LogP contribution in [-0.2, 0) is 6.42 Å². The van der Waals surface area contributed by atoms with E-state index in [2.05, 4.69) is 0 Å². The molecule has 82 valence electrons. The molecule has 0 saturated heterocycles. The first-order valence-corrected chi connectivity index (χ1v) is 4.70. The molecule has 0 radical (unpaired) electrons. The maximum absolute atomic E-state index is 11.2. The van der Waals surface area contributed by atoms with Gasteiger partial charge in [0, 0.05) is 17.5 Å². The van der Waals surface area contributed by atoms with Crippen molar-refractivity contribution in [3.63, 3.8) is 0 Å². The van der Waals surface area contributed by atoms with E-state index in [-0.39, 0.29) is 0 Å². The summed E-state index contributed by atoms with van der Waals surface area (Å²) >= 11 is 0. The van der Waals surface area contributed by atoms with Crippen molar-refractivity contribution in [3.8, 4) is 5.75 Å². The molecule has 4 heteroatoms. The molecule has 0 spiro atoms. The number of aliphatic hydroxyl groups is 1. The van der Waals surface area contributed by atoms with E-state index >= 15 is 0 Å². The molecule has 0 aromatic heterocycles. The Balaban J connectivity index is 3.20. The minimum absolute atomic E-state index is 0.349. The molecular formula is C11H15NO3. The highest BCUT2D eigenvalue weighted by Gasteiger charge is 2.14. The zero-order valence-corrected chi connectivity index (χ0v) is 8.86. The Morgan fingerprint density at radius 3 is 2.73 bits per heavy atom. The van der Waals surface area contributed by atoms with Crippen LogP contribution in [0.1, 0.15) is 22.8 Å². The van der Waals surface area contributed by atoms with Gasteiger partial charge in [0.2, 0.25) is 5.91 Å². The van der Waals surface area contributed by atoms with Crippen LogP contribution in [0.25, 0.3) is 0 Å². The Hall–Kier alpha value is -1.55. The maximum Gasteiger partial charge on any atom is 0.249 e. The molecule has 1 amide bonds. The van der Waals surface area contributed by atoms with Gasteiger partial charge in [0.25, 0.3) is 0 Å². The Bertz CT molecular complexity index is 361. The molecule has 0 aliphatic heterocycles. The van der Waals surface area contributed by atoms with Crippen LogP contribution in [0.4, 0.5) is 0 Å². The summed E-state index contributed by atoms with van der Waals surface area (Å²) in [6.45, 7) is 1.65. The van der Waals surface area contributed by atoms with Gasteiger partial charge < -0.3 is 15.6 Å². The van der Waals surface area contributed by atoms with Gasteiger partial charge in [0.1, 0.15) is 5.75 Å². The lowest BCUT2D eigenvalue weighted by molar-refractivity contribution is 0.0998. The van der Waals surface area contributed by atoms with Gasteiger partial charge in [-0.2, -0.15) is 0 Å². The first kappa shape index (κ1) is 11.5. The maximum atomic E-state index is 11.2. The number of ether oxygens (including phenoxy) is 1. The molecule has 0 saturated carbocycles. The van der Waals surface area contributed by atoms with E-state index in [0.717, 1.165) is 0 Å². The van der Waals surface area contributed by atoms with E-state index in [0.29, 0.717) is 23.3 Å². The van der Waals surface area contributed by atoms with Crippen LogP contribution >= 0.6 is 0 Å². The number of aliphatic hydroxyl groups excluding tert-OH is 1. The minimum Gasteiger partial charge on any atom is -0.496 e. The monoisotopic (exact) mass is 209 g/mol. The van der Waals surface area contributed by atoms with Crippen LogP contribution < -0.4 is 10.5 Å². The first-order chi connectivity index (χ1) is 7.06. The van der Waals surface area contributed by atoms with Crippen molar-refractivity contribution in [1.82, 2.24) is 0 Å². The highest BCUT2D eigenvalue weighted by Crippen LogP contribution is 2.23. The van der Waals surface area contributed by atoms with Crippen LogP contribution in [0, 0.1) is 0 Å².